The van der Waals surface area contributed by atoms with E-state index in [0.29, 0.717) is 32.1 Å². The number of phosphoric acid groups is 1. The number of esters is 2. The van der Waals surface area contributed by atoms with Crippen molar-refractivity contribution < 1.29 is 57.7 Å². The third-order valence-electron chi connectivity index (χ3n) is 8.64. The highest BCUT2D eigenvalue weighted by Crippen LogP contribution is 2.43. The summed E-state index contributed by atoms with van der Waals surface area (Å²) in [7, 11) is -4.76. The predicted octanol–water partition coefficient (Wildman–Crippen LogP) is 8.89. The fourth-order valence-electron chi connectivity index (χ4n) is 5.27. The lowest BCUT2D eigenvalue weighted by molar-refractivity contribution is -0.161. The van der Waals surface area contributed by atoms with E-state index < -0.39 is 69.9 Å². The summed E-state index contributed by atoms with van der Waals surface area (Å²) in [6.07, 6.45) is 37.6. The molecule has 0 aromatic carbocycles. The summed E-state index contributed by atoms with van der Waals surface area (Å²) < 4.78 is 32.5. The molecule has 0 saturated heterocycles. The van der Waals surface area contributed by atoms with Gasteiger partial charge in [0, 0.05) is 12.8 Å². The predicted molar refractivity (Wildman–Crippen MR) is 229 cm³/mol. The Kier molecular flexibility index (Phi) is 36.0. The Hall–Kier alpha value is -3.16. The zero-order valence-corrected chi connectivity index (χ0v) is 36.0. The monoisotopic (exact) mass is 839 g/mol. The summed E-state index contributed by atoms with van der Waals surface area (Å²) in [5, 5.41) is 28.8. The van der Waals surface area contributed by atoms with Crippen molar-refractivity contribution in [2.75, 3.05) is 19.8 Å². The van der Waals surface area contributed by atoms with Gasteiger partial charge in [0.2, 0.25) is 0 Å². The molecule has 14 heteroatoms. The van der Waals surface area contributed by atoms with Gasteiger partial charge in [-0.05, 0) is 38.5 Å². The minimum absolute atomic E-state index is 0.0335. The topological polar surface area (TPSA) is 212 Å². The number of aliphatic hydroxyl groups is 2. The molecular formula is C44H74NO12P. The van der Waals surface area contributed by atoms with Gasteiger partial charge in [-0.15, -0.1) is 0 Å². The summed E-state index contributed by atoms with van der Waals surface area (Å²) >= 11 is 0. The first-order chi connectivity index (χ1) is 27.9. The van der Waals surface area contributed by atoms with Crippen molar-refractivity contribution in [2.24, 2.45) is 5.73 Å². The molecule has 0 aromatic heterocycles. The van der Waals surface area contributed by atoms with Crippen LogP contribution in [-0.4, -0.2) is 82.3 Å². The van der Waals surface area contributed by atoms with E-state index in [1.54, 1.807) is 30.4 Å². The van der Waals surface area contributed by atoms with Crippen LogP contribution in [0.5, 0.6) is 0 Å². The quantitative estimate of drug-likeness (QED) is 0.0129. The van der Waals surface area contributed by atoms with Gasteiger partial charge in [0.05, 0.1) is 25.4 Å². The number of ether oxygens (including phenoxy) is 2. The number of unbranched alkanes of at least 4 members (excludes halogenated alkanes) is 13. The minimum atomic E-state index is -4.76. The second kappa shape index (κ2) is 38.1. The Bertz CT molecular complexity index is 1290. The van der Waals surface area contributed by atoms with Crippen LogP contribution < -0.4 is 5.73 Å². The second-order valence-electron chi connectivity index (χ2n) is 14.1. The SMILES string of the molecule is CC/C=C\C[C@@H](O)/C=C/C=C\C/C=C\C=C\[C@@H](O)/C=C\CCCC(=O)OC[C@H](COP(=O)(O)OC[C@H](N)C(=O)O)OC(=O)CCCCCCCCCCCCCCC. The number of rotatable bonds is 38. The highest BCUT2D eigenvalue weighted by molar-refractivity contribution is 7.47. The molecule has 0 fully saturated rings. The molecule has 5 atom stereocenters. The van der Waals surface area contributed by atoms with Crippen molar-refractivity contribution in [3.63, 3.8) is 0 Å². The molecule has 0 aromatic rings. The Labute approximate surface area is 347 Å². The van der Waals surface area contributed by atoms with E-state index in [9.17, 15) is 34.1 Å². The number of hydrogen-bond donors (Lipinski definition) is 5. The number of nitrogens with two attached hydrogens (primary N) is 1. The van der Waals surface area contributed by atoms with Crippen molar-refractivity contribution in [3.8, 4) is 0 Å². The molecular weight excluding hydrogens is 765 g/mol. The van der Waals surface area contributed by atoms with Crippen molar-refractivity contribution in [1.29, 1.82) is 0 Å². The molecule has 0 aliphatic carbocycles. The summed E-state index contributed by atoms with van der Waals surface area (Å²) in [5.74, 6) is -2.59. The number of phosphoric ester groups is 1. The van der Waals surface area contributed by atoms with Gasteiger partial charge in [0.15, 0.2) is 6.10 Å². The second-order valence-corrected chi connectivity index (χ2v) is 15.6. The summed E-state index contributed by atoms with van der Waals surface area (Å²) in [5.41, 5.74) is 5.31. The molecule has 0 amide bonds. The molecule has 13 nitrogen and oxygen atoms in total. The van der Waals surface area contributed by atoms with Gasteiger partial charge < -0.3 is 35.4 Å². The van der Waals surface area contributed by atoms with Crippen LogP contribution >= 0.6 is 7.82 Å². The van der Waals surface area contributed by atoms with E-state index in [-0.39, 0.29) is 12.8 Å². The number of aliphatic carboxylic acids is 1. The van der Waals surface area contributed by atoms with Crippen molar-refractivity contribution in [1.82, 2.24) is 0 Å². The molecule has 0 heterocycles. The van der Waals surface area contributed by atoms with Crippen LogP contribution in [-0.2, 0) is 37.5 Å². The van der Waals surface area contributed by atoms with Crippen molar-refractivity contribution in [3.05, 3.63) is 72.9 Å². The molecule has 1 unspecified atom stereocenters. The first kappa shape index (κ1) is 54.8. The van der Waals surface area contributed by atoms with Gasteiger partial charge in [0.1, 0.15) is 12.6 Å². The highest BCUT2D eigenvalue weighted by Gasteiger charge is 2.28. The molecule has 0 bridgehead atoms. The van der Waals surface area contributed by atoms with Crippen LogP contribution in [0.2, 0.25) is 0 Å². The highest BCUT2D eigenvalue weighted by atomic mass is 31.2. The van der Waals surface area contributed by atoms with Crippen LogP contribution in [0.25, 0.3) is 0 Å². The maximum Gasteiger partial charge on any atom is 0.472 e. The first-order valence-corrected chi connectivity index (χ1v) is 22.7. The summed E-state index contributed by atoms with van der Waals surface area (Å²) in [6.45, 7) is 2.40. The van der Waals surface area contributed by atoms with Gasteiger partial charge in [-0.1, -0.05) is 164 Å². The maximum atomic E-state index is 12.6. The largest absolute Gasteiger partial charge is 0.480 e. The van der Waals surface area contributed by atoms with Crippen LogP contribution in [0.3, 0.4) is 0 Å². The Morgan fingerprint density at radius 2 is 1.22 bits per heavy atom. The van der Waals surface area contributed by atoms with Gasteiger partial charge in [-0.2, -0.15) is 0 Å². The van der Waals surface area contributed by atoms with Crippen molar-refractivity contribution >= 4 is 25.7 Å². The summed E-state index contributed by atoms with van der Waals surface area (Å²) in [4.78, 5) is 45.9. The van der Waals surface area contributed by atoms with Gasteiger partial charge >= 0.3 is 25.7 Å². The standard InChI is InChI=1S/C44H74NO12P/c1-3-5-7-8-9-10-11-12-13-14-18-21-27-34-43(49)57-40(36-55-58(52,53)56-37-41(45)44(50)51)35-54-42(48)33-28-22-26-32-39(47)31-25-20-17-15-16-19-24-30-38(46)29-23-6-4-2/h6,16-17,19-20,23-26,30-32,38-41,46-47H,3-5,7-15,18,21-22,27-29,33-37,45H2,1-2H3,(H,50,51)(H,52,53)/b19-16-,20-17-,23-6-,30-24+,31-25+,32-26-/t38-,39-,40-,41+/m1/s1. The van der Waals surface area contributed by atoms with Crippen LogP contribution in [0.4, 0.5) is 0 Å². The molecule has 332 valence electrons. The molecule has 58 heavy (non-hydrogen) atoms. The molecule has 0 aliphatic heterocycles. The number of allylic oxidation sites excluding steroid dienone is 8. The normalized spacial score (nSPS) is 15.6. The van der Waals surface area contributed by atoms with E-state index in [1.807, 2.05) is 49.5 Å². The molecule has 0 spiro atoms. The zero-order chi connectivity index (χ0) is 43.1. The number of carboxylic acid groups (broad SMARTS) is 1. The van der Waals surface area contributed by atoms with E-state index in [4.69, 9.17) is 24.8 Å². The van der Waals surface area contributed by atoms with Crippen LogP contribution in [0.15, 0.2) is 72.9 Å². The fraction of sp³-hybridized carbons (Fsp3) is 0.659. The van der Waals surface area contributed by atoms with Gasteiger partial charge in [-0.25, -0.2) is 4.57 Å². The molecule has 0 radical (unpaired) electrons. The maximum absolute atomic E-state index is 12.6. The lowest BCUT2D eigenvalue weighted by Gasteiger charge is -2.20. The zero-order valence-electron chi connectivity index (χ0n) is 35.1. The lowest BCUT2D eigenvalue weighted by Crippen LogP contribution is -2.34. The fourth-order valence-corrected chi connectivity index (χ4v) is 6.05. The molecule has 0 aliphatic rings. The van der Waals surface area contributed by atoms with Crippen molar-refractivity contribution in [2.45, 2.75) is 167 Å². The van der Waals surface area contributed by atoms with E-state index in [2.05, 4.69) is 11.4 Å². The number of carboxylic acids is 1. The average Bonchev–Trinajstić information content (AvgIpc) is 3.19. The number of carbonyl (C=O) groups excluding carboxylic acids is 2. The van der Waals surface area contributed by atoms with Crippen LogP contribution in [0.1, 0.15) is 142 Å². The third kappa shape index (κ3) is 37.1. The Morgan fingerprint density at radius 3 is 1.83 bits per heavy atom. The Morgan fingerprint density at radius 1 is 0.655 bits per heavy atom. The minimum Gasteiger partial charge on any atom is -0.480 e. The number of carbonyl (C=O) groups is 3. The number of hydrogen-bond acceptors (Lipinski definition) is 11. The first-order valence-electron chi connectivity index (χ1n) is 21.2. The lowest BCUT2D eigenvalue weighted by atomic mass is 10.0. The number of aliphatic hydroxyl groups excluding tert-OH is 2. The summed E-state index contributed by atoms with van der Waals surface area (Å²) in [6, 6.07) is -1.55. The smallest absolute Gasteiger partial charge is 0.472 e. The average molecular weight is 840 g/mol. The molecule has 6 N–H and O–H groups in total. The third-order valence-corrected chi connectivity index (χ3v) is 9.59. The Balaban J connectivity index is 4.63. The van der Waals surface area contributed by atoms with Crippen LogP contribution in [0, 0.1) is 0 Å². The van der Waals surface area contributed by atoms with E-state index in [0.717, 1.165) is 25.7 Å². The molecule has 0 saturated carbocycles. The van der Waals surface area contributed by atoms with Gasteiger partial charge in [-0.3, -0.25) is 23.4 Å². The van der Waals surface area contributed by atoms with E-state index >= 15 is 0 Å². The molecule has 0 rings (SSSR count). The van der Waals surface area contributed by atoms with E-state index in [1.165, 1.54) is 57.8 Å². The van der Waals surface area contributed by atoms with Gasteiger partial charge in [0.25, 0.3) is 0 Å².